The van der Waals surface area contributed by atoms with Crippen LogP contribution >= 0.6 is 0 Å². The third kappa shape index (κ3) is 5.20. The maximum atomic E-state index is 10.8. The normalized spacial score (nSPS) is 13.0. The van der Waals surface area contributed by atoms with Gasteiger partial charge in [0, 0.05) is 5.56 Å². The van der Waals surface area contributed by atoms with Crippen LogP contribution < -0.4 is 4.74 Å². The van der Waals surface area contributed by atoms with Gasteiger partial charge in [-0.25, -0.2) is 4.79 Å². The fraction of sp³-hybridized carbons (Fsp3) is 0.154. The minimum atomic E-state index is -0.986. The van der Waals surface area contributed by atoms with Crippen LogP contribution in [0.4, 0.5) is 0 Å². The van der Waals surface area contributed by atoms with Crippen LogP contribution in [0.2, 0.25) is 0 Å². The lowest BCUT2D eigenvalue weighted by Crippen LogP contribution is -2.12. The molecule has 0 saturated carbocycles. The summed E-state index contributed by atoms with van der Waals surface area (Å²) in [6.07, 6.45) is 5.04. The quantitative estimate of drug-likeness (QED) is 0.403. The van der Waals surface area contributed by atoms with E-state index in [-0.39, 0.29) is 12.7 Å². The molecule has 3 aromatic rings. The molecule has 0 bridgehead atoms. The van der Waals surface area contributed by atoms with E-state index < -0.39 is 5.97 Å². The van der Waals surface area contributed by atoms with E-state index in [0.717, 1.165) is 40.7 Å². The Morgan fingerprint density at radius 3 is 2.26 bits per heavy atom. The number of hydrogen-bond acceptors (Lipinski definition) is 4. The van der Waals surface area contributed by atoms with Crippen LogP contribution in [0.1, 0.15) is 34.8 Å². The summed E-state index contributed by atoms with van der Waals surface area (Å²) in [5.74, 6) is -0.364. The zero-order valence-corrected chi connectivity index (χ0v) is 17.0. The van der Waals surface area contributed by atoms with E-state index >= 15 is 0 Å². The van der Waals surface area contributed by atoms with E-state index in [1.807, 2.05) is 84.9 Å². The maximum Gasteiger partial charge on any atom is 0.341 e. The fourth-order valence-electron chi connectivity index (χ4n) is 3.63. The van der Waals surface area contributed by atoms with Gasteiger partial charge in [-0.3, -0.25) is 0 Å². The van der Waals surface area contributed by atoms with E-state index in [2.05, 4.69) is 5.16 Å². The molecule has 31 heavy (non-hydrogen) atoms. The van der Waals surface area contributed by atoms with Crippen LogP contribution in [0, 0.1) is 0 Å². The third-order valence-corrected chi connectivity index (χ3v) is 5.11. The molecule has 0 atom stereocenters. The first kappa shape index (κ1) is 20.4. The molecular weight excluding hydrogens is 390 g/mol. The molecule has 0 amide bonds. The van der Waals surface area contributed by atoms with Gasteiger partial charge in [0.1, 0.15) is 5.75 Å². The molecule has 5 heteroatoms. The number of carboxylic acids is 1. The Hall–Kier alpha value is -3.86. The van der Waals surface area contributed by atoms with E-state index in [1.54, 1.807) is 6.21 Å². The van der Waals surface area contributed by atoms with Crippen molar-refractivity contribution in [2.24, 2.45) is 5.16 Å². The van der Waals surface area contributed by atoms with Gasteiger partial charge in [0.2, 0.25) is 0 Å². The van der Waals surface area contributed by atoms with Gasteiger partial charge in [-0.2, -0.15) is 0 Å². The van der Waals surface area contributed by atoms with Crippen LogP contribution in [0.15, 0.2) is 89.6 Å². The molecule has 1 N–H and O–H groups in total. The van der Waals surface area contributed by atoms with Crippen molar-refractivity contribution < 1.29 is 19.5 Å². The van der Waals surface area contributed by atoms with Crippen LogP contribution in [0.3, 0.4) is 0 Å². The first-order chi connectivity index (χ1) is 15.2. The van der Waals surface area contributed by atoms with Gasteiger partial charge in [0.25, 0.3) is 0 Å². The molecule has 1 aliphatic rings. The van der Waals surface area contributed by atoms with Crippen molar-refractivity contribution in [2.75, 3.05) is 6.61 Å². The summed E-state index contributed by atoms with van der Waals surface area (Å²) in [5.41, 5.74) is 5.15. The van der Waals surface area contributed by atoms with Crippen molar-refractivity contribution in [3.63, 3.8) is 0 Å². The summed E-state index contributed by atoms with van der Waals surface area (Å²) in [5, 5.41) is 13.2. The number of allylic oxidation sites excluding steroid dienone is 1. The average molecular weight is 413 g/mol. The molecule has 5 nitrogen and oxygen atoms in total. The monoisotopic (exact) mass is 413 g/mol. The molecule has 0 aromatic heterocycles. The van der Waals surface area contributed by atoms with Gasteiger partial charge >= 0.3 is 5.97 Å². The largest absolute Gasteiger partial charge is 0.482 e. The lowest BCUT2D eigenvalue weighted by Gasteiger charge is -2.18. The van der Waals surface area contributed by atoms with Crippen molar-refractivity contribution in [1.29, 1.82) is 0 Å². The average Bonchev–Trinajstić information content (AvgIpc) is 2.81. The number of fused-ring (bicyclic) bond motifs is 1. The number of carbonyl (C=O) groups is 1. The van der Waals surface area contributed by atoms with Crippen LogP contribution in [-0.2, 0) is 16.1 Å². The molecule has 0 fully saturated rings. The van der Waals surface area contributed by atoms with Gasteiger partial charge in [0.05, 0.1) is 6.21 Å². The summed E-state index contributed by atoms with van der Waals surface area (Å²) in [6, 6.07) is 25.7. The second-order valence-corrected chi connectivity index (χ2v) is 7.27. The molecule has 4 rings (SSSR count). The zero-order valence-electron chi connectivity index (χ0n) is 17.0. The van der Waals surface area contributed by atoms with E-state index in [4.69, 9.17) is 14.7 Å². The smallest absolute Gasteiger partial charge is 0.341 e. The lowest BCUT2D eigenvalue weighted by molar-refractivity contribution is -0.139. The molecule has 0 aliphatic heterocycles. The highest BCUT2D eigenvalue weighted by Gasteiger charge is 2.17. The molecule has 0 unspecified atom stereocenters. The number of nitrogens with zero attached hydrogens (tertiary/aromatic N) is 1. The van der Waals surface area contributed by atoms with E-state index in [1.165, 1.54) is 0 Å². The Morgan fingerprint density at radius 1 is 0.935 bits per heavy atom. The van der Waals surface area contributed by atoms with Crippen LogP contribution in [0.5, 0.6) is 5.75 Å². The number of benzene rings is 3. The third-order valence-electron chi connectivity index (χ3n) is 5.11. The van der Waals surface area contributed by atoms with E-state index in [9.17, 15) is 4.79 Å². The van der Waals surface area contributed by atoms with Gasteiger partial charge in [-0.1, -0.05) is 78.0 Å². The van der Waals surface area contributed by atoms with Crippen molar-refractivity contribution >= 4 is 18.3 Å². The summed E-state index contributed by atoms with van der Waals surface area (Å²) >= 11 is 0. The zero-order chi connectivity index (χ0) is 21.5. The Labute approximate surface area is 181 Å². The number of rotatable bonds is 8. The SMILES string of the molecule is O=C(O)COc1cccc2c1CCC(/C=N/OC(c1ccccc1)c1ccccc1)=C2. The molecule has 1 aliphatic carbocycles. The minimum absolute atomic E-state index is 0.286. The summed E-state index contributed by atoms with van der Waals surface area (Å²) in [7, 11) is 0. The molecule has 156 valence electrons. The number of oxime groups is 1. The van der Waals surface area contributed by atoms with Gasteiger partial charge < -0.3 is 14.7 Å². The predicted molar refractivity (Wildman–Crippen MR) is 120 cm³/mol. The summed E-state index contributed by atoms with van der Waals surface area (Å²) in [6.45, 7) is -0.345. The van der Waals surface area contributed by atoms with E-state index in [0.29, 0.717) is 5.75 Å². The van der Waals surface area contributed by atoms with Crippen molar-refractivity contribution in [1.82, 2.24) is 0 Å². The van der Waals surface area contributed by atoms with Crippen molar-refractivity contribution in [3.8, 4) is 5.75 Å². The minimum Gasteiger partial charge on any atom is -0.482 e. The summed E-state index contributed by atoms with van der Waals surface area (Å²) < 4.78 is 5.42. The number of aliphatic carboxylic acids is 1. The van der Waals surface area contributed by atoms with Crippen molar-refractivity contribution in [3.05, 3.63) is 107 Å². The predicted octanol–water partition coefficient (Wildman–Crippen LogP) is 5.27. The van der Waals surface area contributed by atoms with Crippen LogP contribution in [-0.4, -0.2) is 23.9 Å². The van der Waals surface area contributed by atoms with Crippen molar-refractivity contribution in [2.45, 2.75) is 18.9 Å². The Kier molecular flexibility index (Phi) is 6.43. The van der Waals surface area contributed by atoms with Crippen LogP contribution in [0.25, 0.3) is 6.08 Å². The summed E-state index contributed by atoms with van der Waals surface area (Å²) in [4.78, 5) is 16.7. The number of ether oxygens (including phenoxy) is 1. The Balaban J connectivity index is 1.51. The van der Waals surface area contributed by atoms with Gasteiger partial charge in [0.15, 0.2) is 12.7 Å². The molecular formula is C26H23NO4. The maximum absolute atomic E-state index is 10.8. The van der Waals surface area contributed by atoms with Gasteiger partial charge in [-0.15, -0.1) is 0 Å². The topological polar surface area (TPSA) is 68.1 Å². The standard InChI is InChI=1S/C26H23NO4/c28-25(29)18-30-24-13-7-12-22-16-19(14-15-23(22)24)17-27-31-26(20-8-3-1-4-9-20)21-10-5-2-6-11-21/h1-13,16-17,26H,14-15,18H2,(H,28,29)/b27-17+. The number of carboxylic acid groups (broad SMARTS) is 1. The highest BCUT2D eigenvalue weighted by molar-refractivity contribution is 5.87. The molecule has 0 heterocycles. The first-order valence-corrected chi connectivity index (χ1v) is 10.2. The highest BCUT2D eigenvalue weighted by atomic mass is 16.6. The van der Waals surface area contributed by atoms with Gasteiger partial charge in [-0.05, 0) is 47.2 Å². The second kappa shape index (κ2) is 9.76. The Morgan fingerprint density at radius 2 is 1.61 bits per heavy atom. The molecule has 3 aromatic carbocycles. The Bertz CT molecular complexity index is 1050. The number of hydrogen-bond donors (Lipinski definition) is 1. The molecule has 0 radical (unpaired) electrons. The first-order valence-electron chi connectivity index (χ1n) is 10.2. The molecule has 0 saturated heterocycles. The highest BCUT2D eigenvalue weighted by Crippen LogP contribution is 2.31. The second-order valence-electron chi connectivity index (χ2n) is 7.27. The lowest BCUT2D eigenvalue weighted by atomic mass is 9.92. The fourth-order valence-corrected chi connectivity index (χ4v) is 3.63. The molecule has 0 spiro atoms.